The van der Waals surface area contributed by atoms with Crippen LogP contribution in [0.15, 0.2) is 24.3 Å². The lowest BCUT2D eigenvalue weighted by Crippen LogP contribution is -2.37. The summed E-state index contributed by atoms with van der Waals surface area (Å²) in [4.78, 5) is 11.8. The summed E-state index contributed by atoms with van der Waals surface area (Å²) in [5.74, 6) is 0.171. The number of para-hydroxylation sites is 1. The quantitative estimate of drug-likeness (QED) is 0.741. The topological polar surface area (TPSA) is 82.3 Å². The lowest BCUT2D eigenvalue weighted by molar-refractivity contribution is -0.127. The highest BCUT2D eigenvalue weighted by molar-refractivity contribution is 5.80. The number of carbonyl (C=O) groups excluding carboxylic acids is 1. The smallest absolute Gasteiger partial charge is 0.260 e. The van der Waals surface area contributed by atoms with E-state index in [4.69, 9.17) is 15.1 Å². The molecule has 0 aliphatic heterocycles. The Morgan fingerprint density at radius 3 is 2.80 bits per heavy atom. The maximum atomic E-state index is 11.8. The highest BCUT2D eigenvalue weighted by Gasteiger charge is 2.15. The summed E-state index contributed by atoms with van der Waals surface area (Å²) in [6.07, 6.45) is 0.330. The molecule has 2 atom stereocenters. The van der Waals surface area contributed by atoms with Gasteiger partial charge in [-0.15, -0.1) is 0 Å². The Labute approximate surface area is 119 Å². The van der Waals surface area contributed by atoms with Gasteiger partial charge in [-0.3, -0.25) is 4.79 Å². The predicted molar refractivity (Wildman–Crippen MR) is 75.2 cm³/mol. The summed E-state index contributed by atoms with van der Waals surface area (Å²) in [5, 5.41) is 20.8. The summed E-state index contributed by atoms with van der Waals surface area (Å²) < 4.78 is 5.49. The molecule has 0 aliphatic carbocycles. The van der Waals surface area contributed by atoms with E-state index in [1.165, 1.54) is 0 Å². The first-order chi connectivity index (χ1) is 9.54. The number of nitriles is 1. The van der Waals surface area contributed by atoms with Gasteiger partial charge >= 0.3 is 0 Å². The SMILES string of the molecule is CC(O)CCCNC(=O)C(C)Oc1ccccc1C#N. The van der Waals surface area contributed by atoms with Gasteiger partial charge in [-0.25, -0.2) is 0 Å². The average molecular weight is 276 g/mol. The Bertz CT molecular complexity index is 480. The number of ether oxygens (including phenoxy) is 1. The molecule has 0 spiro atoms. The second-order valence-corrected chi connectivity index (χ2v) is 4.65. The van der Waals surface area contributed by atoms with Gasteiger partial charge in [0.1, 0.15) is 11.8 Å². The van der Waals surface area contributed by atoms with Gasteiger partial charge in [0, 0.05) is 6.54 Å². The van der Waals surface area contributed by atoms with Crippen molar-refractivity contribution in [2.45, 2.75) is 38.9 Å². The zero-order chi connectivity index (χ0) is 15.0. The molecule has 1 aromatic rings. The van der Waals surface area contributed by atoms with Crippen molar-refractivity contribution in [1.29, 1.82) is 5.26 Å². The first-order valence-corrected chi connectivity index (χ1v) is 6.66. The van der Waals surface area contributed by atoms with Crippen molar-refractivity contribution in [3.63, 3.8) is 0 Å². The molecule has 2 N–H and O–H groups in total. The van der Waals surface area contributed by atoms with Gasteiger partial charge < -0.3 is 15.2 Å². The molecular formula is C15H20N2O3. The number of carbonyl (C=O) groups is 1. The third kappa shape index (κ3) is 5.29. The monoisotopic (exact) mass is 276 g/mol. The van der Waals surface area contributed by atoms with Gasteiger partial charge in [0.2, 0.25) is 0 Å². The minimum absolute atomic E-state index is 0.233. The van der Waals surface area contributed by atoms with E-state index in [2.05, 4.69) is 5.32 Å². The Kier molecular flexibility index (Phi) is 6.54. The number of hydrogen-bond donors (Lipinski definition) is 2. The van der Waals surface area contributed by atoms with Crippen LogP contribution in [0.25, 0.3) is 0 Å². The Hall–Kier alpha value is -2.06. The largest absolute Gasteiger partial charge is 0.480 e. The van der Waals surface area contributed by atoms with Gasteiger partial charge in [0.25, 0.3) is 5.91 Å². The predicted octanol–water partition coefficient (Wildman–Crippen LogP) is 1.60. The summed E-state index contributed by atoms with van der Waals surface area (Å²) in [7, 11) is 0. The van der Waals surface area contributed by atoms with E-state index in [1.54, 1.807) is 38.1 Å². The maximum Gasteiger partial charge on any atom is 0.260 e. The van der Waals surface area contributed by atoms with Crippen LogP contribution in [-0.2, 0) is 4.79 Å². The van der Waals surface area contributed by atoms with Gasteiger partial charge in [-0.1, -0.05) is 12.1 Å². The van der Waals surface area contributed by atoms with Crippen molar-refractivity contribution in [2.24, 2.45) is 0 Å². The first kappa shape index (κ1) is 16.0. The fraction of sp³-hybridized carbons (Fsp3) is 0.467. The molecule has 0 aromatic heterocycles. The third-order valence-electron chi connectivity index (χ3n) is 2.78. The molecule has 0 saturated heterocycles. The standard InChI is InChI=1S/C15H20N2O3/c1-11(18)6-5-9-17-15(19)12(2)20-14-8-4-3-7-13(14)10-16/h3-4,7-8,11-12,18H,5-6,9H2,1-2H3,(H,17,19). The van der Waals surface area contributed by atoms with Crippen LogP contribution in [0.3, 0.4) is 0 Å². The van der Waals surface area contributed by atoms with Crippen LogP contribution in [0.1, 0.15) is 32.3 Å². The fourth-order valence-electron chi connectivity index (χ4n) is 1.66. The number of hydrogen-bond acceptors (Lipinski definition) is 4. The van der Waals surface area contributed by atoms with Crippen molar-refractivity contribution in [1.82, 2.24) is 5.32 Å². The molecule has 0 saturated carbocycles. The second-order valence-electron chi connectivity index (χ2n) is 4.65. The van der Waals surface area contributed by atoms with Crippen LogP contribution in [-0.4, -0.2) is 29.8 Å². The van der Waals surface area contributed by atoms with Crippen LogP contribution in [0.5, 0.6) is 5.75 Å². The van der Waals surface area contributed by atoms with Gasteiger partial charge in [-0.05, 0) is 38.8 Å². The molecule has 1 amide bonds. The van der Waals surface area contributed by atoms with E-state index in [0.717, 1.165) is 0 Å². The van der Waals surface area contributed by atoms with E-state index in [1.807, 2.05) is 6.07 Å². The molecule has 0 bridgehead atoms. The number of benzene rings is 1. The van der Waals surface area contributed by atoms with E-state index in [-0.39, 0.29) is 12.0 Å². The number of aliphatic hydroxyl groups is 1. The van der Waals surface area contributed by atoms with Crippen LogP contribution in [0.4, 0.5) is 0 Å². The Morgan fingerprint density at radius 2 is 2.15 bits per heavy atom. The van der Waals surface area contributed by atoms with E-state index >= 15 is 0 Å². The molecule has 20 heavy (non-hydrogen) atoms. The number of amides is 1. The summed E-state index contributed by atoms with van der Waals surface area (Å²) in [5.41, 5.74) is 0.404. The number of rotatable bonds is 7. The molecule has 5 heteroatoms. The molecule has 0 fully saturated rings. The average Bonchev–Trinajstić information content (AvgIpc) is 2.43. The van der Waals surface area contributed by atoms with Crippen LogP contribution in [0, 0.1) is 11.3 Å². The molecule has 0 heterocycles. The molecule has 1 aromatic carbocycles. The van der Waals surface area contributed by atoms with Gasteiger partial charge in [-0.2, -0.15) is 5.26 Å². The van der Waals surface area contributed by atoms with E-state index < -0.39 is 6.10 Å². The summed E-state index contributed by atoms with van der Waals surface area (Å²) in [6.45, 7) is 3.85. The molecule has 1 rings (SSSR count). The van der Waals surface area contributed by atoms with Crippen molar-refractivity contribution < 1.29 is 14.6 Å². The van der Waals surface area contributed by atoms with Crippen molar-refractivity contribution in [3.05, 3.63) is 29.8 Å². The minimum atomic E-state index is -0.670. The van der Waals surface area contributed by atoms with Crippen molar-refractivity contribution >= 4 is 5.91 Å². The van der Waals surface area contributed by atoms with Crippen molar-refractivity contribution in [3.8, 4) is 11.8 Å². The molecule has 0 radical (unpaired) electrons. The van der Waals surface area contributed by atoms with Crippen molar-refractivity contribution in [2.75, 3.05) is 6.54 Å². The highest BCUT2D eigenvalue weighted by Crippen LogP contribution is 2.18. The first-order valence-electron chi connectivity index (χ1n) is 6.66. The minimum Gasteiger partial charge on any atom is -0.480 e. The number of nitrogens with zero attached hydrogens (tertiary/aromatic N) is 1. The summed E-state index contributed by atoms with van der Waals surface area (Å²) in [6, 6.07) is 8.82. The van der Waals surface area contributed by atoms with E-state index in [9.17, 15) is 4.79 Å². The van der Waals surface area contributed by atoms with Crippen LogP contribution < -0.4 is 10.1 Å². The zero-order valence-corrected chi connectivity index (χ0v) is 11.8. The van der Waals surface area contributed by atoms with Gasteiger partial charge in [0.15, 0.2) is 6.10 Å². The maximum absolute atomic E-state index is 11.8. The highest BCUT2D eigenvalue weighted by atomic mass is 16.5. The molecule has 108 valence electrons. The zero-order valence-electron chi connectivity index (χ0n) is 11.8. The Balaban J connectivity index is 2.44. The third-order valence-corrected chi connectivity index (χ3v) is 2.78. The molecule has 2 unspecified atom stereocenters. The number of aliphatic hydroxyl groups excluding tert-OH is 1. The fourth-order valence-corrected chi connectivity index (χ4v) is 1.66. The van der Waals surface area contributed by atoms with Crippen LogP contribution in [0.2, 0.25) is 0 Å². The van der Waals surface area contributed by atoms with E-state index in [0.29, 0.717) is 30.7 Å². The summed E-state index contributed by atoms with van der Waals surface area (Å²) >= 11 is 0. The lowest BCUT2D eigenvalue weighted by Gasteiger charge is -2.15. The molecular weight excluding hydrogens is 256 g/mol. The lowest BCUT2D eigenvalue weighted by atomic mass is 10.2. The number of nitrogens with one attached hydrogen (secondary N) is 1. The normalized spacial score (nSPS) is 13.1. The van der Waals surface area contributed by atoms with Crippen LogP contribution >= 0.6 is 0 Å². The molecule has 0 aliphatic rings. The Morgan fingerprint density at radius 1 is 1.45 bits per heavy atom. The van der Waals surface area contributed by atoms with Gasteiger partial charge in [0.05, 0.1) is 11.7 Å². The molecule has 5 nitrogen and oxygen atoms in total. The second kappa shape index (κ2) is 8.18.